The van der Waals surface area contributed by atoms with E-state index in [0.717, 1.165) is 18.3 Å². The van der Waals surface area contributed by atoms with Gasteiger partial charge in [0.15, 0.2) is 0 Å². The zero-order valence-corrected chi connectivity index (χ0v) is 10.8. The Morgan fingerprint density at radius 3 is 2.48 bits per heavy atom. The van der Waals surface area contributed by atoms with Gasteiger partial charge in [-0.3, -0.25) is 4.98 Å². The number of pyridine rings is 1. The summed E-state index contributed by atoms with van der Waals surface area (Å²) < 4.78 is 62.2. The van der Waals surface area contributed by atoms with Gasteiger partial charge in [-0.2, -0.15) is 21.6 Å². The number of nitrogens with zero attached hydrogens (tertiary/aromatic N) is 1. The van der Waals surface area contributed by atoms with E-state index >= 15 is 0 Å². The predicted octanol–water partition coefficient (Wildman–Crippen LogP) is 2.16. The Labute approximate surface area is 115 Å². The van der Waals surface area contributed by atoms with Crippen LogP contribution in [0, 0.1) is 0 Å². The van der Waals surface area contributed by atoms with E-state index in [0.29, 0.717) is 5.39 Å². The molecule has 0 fully saturated rings. The highest BCUT2D eigenvalue weighted by atomic mass is 32.2. The molecule has 1 N–H and O–H groups in total. The minimum absolute atomic E-state index is 0.0925. The van der Waals surface area contributed by atoms with Crippen LogP contribution in [-0.2, 0) is 10.1 Å². The molecule has 2 aromatic rings. The predicted molar refractivity (Wildman–Crippen MR) is 64.3 cm³/mol. The number of hydrogen-bond acceptors (Lipinski definition) is 5. The molecule has 21 heavy (non-hydrogen) atoms. The van der Waals surface area contributed by atoms with Crippen LogP contribution in [0.1, 0.15) is 10.4 Å². The van der Waals surface area contributed by atoms with Crippen LogP contribution in [-0.4, -0.2) is 30.0 Å². The van der Waals surface area contributed by atoms with E-state index < -0.39 is 27.3 Å². The number of rotatable bonds is 3. The number of fused-ring (bicyclic) bond motifs is 1. The summed E-state index contributed by atoms with van der Waals surface area (Å²) in [5.74, 6) is -1.79. The van der Waals surface area contributed by atoms with Gasteiger partial charge in [0.1, 0.15) is 5.75 Å². The lowest BCUT2D eigenvalue weighted by Crippen LogP contribution is -2.28. The van der Waals surface area contributed by atoms with E-state index in [2.05, 4.69) is 9.17 Å². The summed E-state index contributed by atoms with van der Waals surface area (Å²) in [5, 5.41) is 9.08. The Morgan fingerprint density at radius 2 is 1.90 bits per heavy atom. The maximum Gasteiger partial charge on any atom is 0.534 e. The Hall–Kier alpha value is -2.36. The second-order valence-electron chi connectivity index (χ2n) is 3.87. The summed E-state index contributed by atoms with van der Waals surface area (Å²) in [6.45, 7) is 0. The van der Waals surface area contributed by atoms with Crippen molar-refractivity contribution in [1.29, 1.82) is 0 Å². The molecular formula is C11H6F3NO5S. The van der Waals surface area contributed by atoms with Crippen molar-refractivity contribution < 1.29 is 35.7 Å². The van der Waals surface area contributed by atoms with Crippen molar-refractivity contribution >= 4 is 27.0 Å². The Balaban J connectivity index is 2.41. The molecule has 0 unspecified atom stereocenters. The largest absolute Gasteiger partial charge is 0.534 e. The van der Waals surface area contributed by atoms with Crippen LogP contribution in [0.2, 0.25) is 0 Å². The number of hydrogen-bond donors (Lipinski definition) is 1. The number of carboxylic acids is 1. The van der Waals surface area contributed by atoms with Crippen LogP contribution in [0.4, 0.5) is 13.2 Å². The third kappa shape index (κ3) is 3.05. The van der Waals surface area contributed by atoms with Crippen molar-refractivity contribution in [2.45, 2.75) is 5.51 Å². The first kappa shape index (κ1) is 15.0. The summed E-state index contributed by atoms with van der Waals surface area (Å²) in [6.07, 6.45) is 0.993. The average Bonchev–Trinajstić information content (AvgIpc) is 2.36. The topological polar surface area (TPSA) is 93.6 Å². The van der Waals surface area contributed by atoms with Crippen LogP contribution >= 0.6 is 0 Å². The number of alkyl halides is 3. The molecular weight excluding hydrogens is 315 g/mol. The van der Waals surface area contributed by atoms with Gasteiger partial charge in [-0.1, -0.05) is 0 Å². The summed E-state index contributed by atoms with van der Waals surface area (Å²) in [7, 11) is -5.76. The highest BCUT2D eigenvalue weighted by Gasteiger charge is 2.48. The van der Waals surface area contributed by atoms with Crippen LogP contribution in [0.15, 0.2) is 30.5 Å². The van der Waals surface area contributed by atoms with E-state index in [1.807, 2.05) is 0 Å². The molecule has 0 bridgehead atoms. The van der Waals surface area contributed by atoms with Crippen molar-refractivity contribution in [1.82, 2.24) is 4.98 Å². The molecule has 2 rings (SSSR count). The summed E-state index contributed by atoms with van der Waals surface area (Å²) in [4.78, 5) is 14.5. The first-order valence-corrected chi connectivity index (χ1v) is 6.65. The maximum absolute atomic E-state index is 12.2. The average molecular weight is 321 g/mol. The third-order valence-corrected chi connectivity index (χ3v) is 3.37. The van der Waals surface area contributed by atoms with Crippen LogP contribution in [0.25, 0.3) is 10.9 Å². The van der Waals surface area contributed by atoms with Crippen LogP contribution in [0.5, 0.6) is 5.75 Å². The molecule has 0 amide bonds. The van der Waals surface area contributed by atoms with Crippen molar-refractivity contribution in [2.75, 3.05) is 0 Å². The number of carbonyl (C=O) groups is 1. The molecule has 0 radical (unpaired) electrons. The highest BCUT2D eigenvalue weighted by molar-refractivity contribution is 7.88. The second kappa shape index (κ2) is 4.88. The van der Waals surface area contributed by atoms with Crippen molar-refractivity contribution in [2.24, 2.45) is 0 Å². The molecule has 0 atom stereocenters. The Morgan fingerprint density at radius 1 is 1.24 bits per heavy atom. The molecule has 0 saturated carbocycles. The van der Waals surface area contributed by atoms with E-state index in [4.69, 9.17) is 5.11 Å². The van der Waals surface area contributed by atoms with Gasteiger partial charge in [0.05, 0.1) is 11.1 Å². The standard InChI is InChI=1S/C11H6F3NO5S/c12-11(13,14)21(18,19)20-8-2-1-6-3-7(10(16)17)5-15-9(6)4-8/h1-5H,(H,16,17). The fourth-order valence-corrected chi connectivity index (χ4v) is 1.90. The van der Waals surface area contributed by atoms with Gasteiger partial charge in [0, 0.05) is 17.6 Å². The first-order chi connectivity index (χ1) is 9.60. The smallest absolute Gasteiger partial charge is 0.478 e. The molecule has 112 valence electrons. The number of aromatic carboxylic acids is 1. The van der Waals surface area contributed by atoms with Crippen molar-refractivity contribution in [3.05, 3.63) is 36.0 Å². The van der Waals surface area contributed by atoms with Gasteiger partial charge < -0.3 is 9.29 Å². The molecule has 1 heterocycles. The van der Waals surface area contributed by atoms with Gasteiger partial charge in [-0.25, -0.2) is 4.79 Å². The number of aromatic nitrogens is 1. The van der Waals surface area contributed by atoms with Gasteiger partial charge in [-0.05, 0) is 18.2 Å². The lowest BCUT2D eigenvalue weighted by molar-refractivity contribution is -0.0500. The maximum atomic E-state index is 12.2. The molecule has 10 heteroatoms. The normalized spacial score (nSPS) is 12.3. The Bertz CT molecular complexity index is 816. The quantitative estimate of drug-likeness (QED) is 0.688. The van der Waals surface area contributed by atoms with Gasteiger partial charge in [-0.15, -0.1) is 0 Å². The third-order valence-electron chi connectivity index (χ3n) is 2.39. The van der Waals surface area contributed by atoms with E-state index in [1.165, 1.54) is 12.1 Å². The minimum Gasteiger partial charge on any atom is -0.478 e. The molecule has 0 aliphatic heterocycles. The van der Waals surface area contributed by atoms with Crippen molar-refractivity contribution in [3.8, 4) is 5.75 Å². The van der Waals surface area contributed by atoms with Gasteiger partial charge in [0.25, 0.3) is 0 Å². The van der Waals surface area contributed by atoms with Gasteiger partial charge in [0.2, 0.25) is 0 Å². The molecule has 0 spiro atoms. The highest BCUT2D eigenvalue weighted by Crippen LogP contribution is 2.28. The lowest BCUT2D eigenvalue weighted by Gasteiger charge is -2.09. The molecule has 0 aliphatic rings. The van der Waals surface area contributed by atoms with Gasteiger partial charge >= 0.3 is 21.6 Å². The molecule has 6 nitrogen and oxygen atoms in total. The summed E-state index contributed by atoms with van der Waals surface area (Å²) in [5.41, 5.74) is -5.56. The van der Waals surface area contributed by atoms with Crippen molar-refractivity contribution in [3.63, 3.8) is 0 Å². The fourth-order valence-electron chi connectivity index (χ4n) is 1.44. The number of halogens is 3. The molecule has 0 saturated heterocycles. The summed E-state index contributed by atoms with van der Waals surface area (Å²) in [6, 6.07) is 4.38. The lowest BCUT2D eigenvalue weighted by atomic mass is 10.1. The summed E-state index contributed by atoms with van der Waals surface area (Å²) >= 11 is 0. The Kier molecular flexibility index (Phi) is 3.49. The molecule has 1 aromatic carbocycles. The van der Waals surface area contributed by atoms with Crippen LogP contribution < -0.4 is 4.18 Å². The molecule has 0 aliphatic carbocycles. The second-order valence-corrected chi connectivity index (χ2v) is 5.40. The van der Waals surface area contributed by atoms with E-state index in [1.54, 1.807) is 0 Å². The zero-order valence-electron chi connectivity index (χ0n) is 9.96. The minimum atomic E-state index is -5.76. The van der Waals surface area contributed by atoms with E-state index in [9.17, 15) is 26.4 Å². The number of benzene rings is 1. The zero-order chi connectivity index (χ0) is 15.8. The van der Waals surface area contributed by atoms with E-state index in [-0.39, 0.29) is 11.1 Å². The number of carboxylic acid groups (broad SMARTS) is 1. The SMILES string of the molecule is O=C(O)c1cnc2cc(OS(=O)(=O)C(F)(F)F)ccc2c1. The fraction of sp³-hybridized carbons (Fsp3) is 0.0909. The van der Waals surface area contributed by atoms with Crippen LogP contribution in [0.3, 0.4) is 0 Å². The molecule has 1 aromatic heterocycles. The first-order valence-electron chi connectivity index (χ1n) is 5.24. The monoisotopic (exact) mass is 321 g/mol.